The fourth-order valence-corrected chi connectivity index (χ4v) is 3.67. The van der Waals surface area contributed by atoms with Gasteiger partial charge < -0.3 is 10.4 Å². The minimum atomic E-state index is -0.133. The number of fused-ring (bicyclic) bond motifs is 1. The van der Waals surface area contributed by atoms with Gasteiger partial charge in [-0.1, -0.05) is 13.0 Å². The second-order valence-electron chi connectivity index (χ2n) is 6.07. The summed E-state index contributed by atoms with van der Waals surface area (Å²) >= 11 is 0. The molecule has 0 radical (unpaired) electrons. The van der Waals surface area contributed by atoms with E-state index in [1.54, 1.807) is 6.07 Å². The zero-order chi connectivity index (χ0) is 14.3. The summed E-state index contributed by atoms with van der Waals surface area (Å²) in [5, 5.41) is 16.6. The number of piperidine rings is 1. The molecule has 108 valence electrons. The Morgan fingerprint density at radius 2 is 2.10 bits per heavy atom. The van der Waals surface area contributed by atoms with Crippen LogP contribution in [-0.2, 0) is 4.79 Å². The molecule has 0 bridgehead atoms. The van der Waals surface area contributed by atoms with Gasteiger partial charge in [-0.2, -0.15) is 0 Å². The van der Waals surface area contributed by atoms with Crippen LogP contribution in [0.25, 0.3) is 0 Å². The van der Waals surface area contributed by atoms with Gasteiger partial charge in [-0.15, -0.1) is 0 Å². The molecule has 3 unspecified atom stereocenters. The van der Waals surface area contributed by atoms with Gasteiger partial charge in [0, 0.05) is 18.2 Å². The minimum absolute atomic E-state index is 0.0775. The fraction of sp³-hybridized carbons (Fsp3) is 0.562. The number of benzene rings is 1. The van der Waals surface area contributed by atoms with Gasteiger partial charge in [0.05, 0.1) is 6.04 Å². The van der Waals surface area contributed by atoms with Crippen LogP contribution in [-0.4, -0.2) is 23.6 Å². The van der Waals surface area contributed by atoms with E-state index in [9.17, 15) is 9.90 Å². The first-order chi connectivity index (χ1) is 9.58. The van der Waals surface area contributed by atoms with E-state index in [1.807, 2.05) is 6.07 Å². The molecular weight excluding hydrogens is 252 g/mol. The lowest BCUT2D eigenvalue weighted by Gasteiger charge is -2.26. The third-order valence-corrected chi connectivity index (χ3v) is 4.60. The first-order valence-corrected chi connectivity index (χ1v) is 7.44. The molecule has 1 heterocycles. The molecule has 1 aromatic rings. The molecule has 1 aliphatic heterocycles. The standard InChI is InChI=1S/C16H22N2O2/c1-9-5-6-13(19)15-12(8-10(2)14(9)15)18-11-4-3-7-17-16(11)20/h5-6,10-12,18-19H,3-4,7-8H2,1-2H3,(H,17,20). The van der Waals surface area contributed by atoms with Crippen LogP contribution >= 0.6 is 0 Å². The Morgan fingerprint density at radius 3 is 2.85 bits per heavy atom. The lowest BCUT2D eigenvalue weighted by Crippen LogP contribution is -2.49. The monoisotopic (exact) mass is 274 g/mol. The molecule has 20 heavy (non-hydrogen) atoms. The van der Waals surface area contributed by atoms with Crippen molar-refractivity contribution < 1.29 is 9.90 Å². The average molecular weight is 274 g/mol. The molecule has 0 saturated carbocycles. The van der Waals surface area contributed by atoms with Crippen LogP contribution in [0.15, 0.2) is 12.1 Å². The summed E-state index contributed by atoms with van der Waals surface area (Å²) in [7, 11) is 0. The van der Waals surface area contributed by atoms with E-state index < -0.39 is 0 Å². The van der Waals surface area contributed by atoms with Crippen LogP contribution in [0.5, 0.6) is 5.75 Å². The Bertz CT molecular complexity index is 542. The summed E-state index contributed by atoms with van der Waals surface area (Å²) in [5.74, 6) is 0.856. The summed E-state index contributed by atoms with van der Waals surface area (Å²) in [5.41, 5.74) is 3.47. The highest BCUT2D eigenvalue weighted by atomic mass is 16.3. The van der Waals surface area contributed by atoms with Gasteiger partial charge in [-0.3, -0.25) is 10.1 Å². The summed E-state index contributed by atoms with van der Waals surface area (Å²) in [6, 6.07) is 3.68. The van der Waals surface area contributed by atoms with Crippen molar-refractivity contribution >= 4 is 5.91 Å². The van der Waals surface area contributed by atoms with Crippen LogP contribution in [0.3, 0.4) is 0 Å². The van der Waals surface area contributed by atoms with Gasteiger partial charge in [0.1, 0.15) is 5.75 Å². The molecule has 3 rings (SSSR count). The highest BCUT2D eigenvalue weighted by Crippen LogP contribution is 2.46. The maximum Gasteiger partial charge on any atom is 0.237 e. The molecular formula is C16H22N2O2. The van der Waals surface area contributed by atoms with Gasteiger partial charge in [0.25, 0.3) is 0 Å². The zero-order valence-electron chi connectivity index (χ0n) is 12.1. The van der Waals surface area contributed by atoms with E-state index in [0.717, 1.165) is 31.4 Å². The van der Waals surface area contributed by atoms with Crippen LogP contribution in [0, 0.1) is 6.92 Å². The number of carbonyl (C=O) groups excluding carboxylic acids is 1. The quantitative estimate of drug-likeness (QED) is 0.774. The van der Waals surface area contributed by atoms with Crippen LogP contribution < -0.4 is 10.6 Å². The smallest absolute Gasteiger partial charge is 0.237 e. The number of aromatic hydroxyl groups is 1. The van der Waals surface area contributed by atoms with E-state index in [2.05, 4.69) is 24.5 Å². The van der Waals surface area contributed by atoms with Crippen LogP contribution in [0.2, 0.25) is 0 Å². The van der Waals surface area contributed by atoms with Gasteiger partial charge in [0.15, 0.2) is 0 Å². The van der Waals surface area contributed by atoms with Crippen molar-refractivity contribution in [2.24, 2.45) is 0 Å². The first kappa shape index (κ1) is 13.4. The maximum atomic E-state index is 11.9. The predicted octanol–water partition coefficient (Wildman–Crippen LogP) is 2.12. The first-order valence-electron chi connectivity index (χ1n) is 7.44. The largest absolute Gasteiger partial charge is 0.508 e. The third-order valence-electron chi connectivity index (χ3n) is 4.60. The SMILES string of the molecule is Cc1ccc(O)c2c1C(C)CC2NC1CCCNC1=O. The van der Waals surface area contributed by atoms with Crippen molar-refractivity contribution in [2.75, 3.05) is 6.54 Å². The topological polar surface area (TPSA) is 61.4 Å². The van der Waals surface area contributed by atoms with Crippen molar-refractivity contribution in [1.29, 1.82) is 0 Å². The van der Waals surface area contributed by atoms with Crippen molar-refractivity contribution in [3.05, 3.63) is 28.8 Å². The van der Waals surface area contributed by atoms with Gasteiger partial charge >= 0.3 is 0 Å². The number of nitrogens with one attached hydrogen (secondary N) is 2. The summed E-state index contributed by atoms with van der Waals surface area (Å²) < 4.78 is 0. The molecule has 3 N–H and O–H groups in total. The molecule has 1 aliphatic carbocycles. The van der Waals surface area contributed by atoms with E-state index in [-0.39, 0.29) is 18.0 Å². The molecule has 1 amide bonds. The number of phenolic OH excluding ortho intramolecular Hbond substituents is 1. The summed E-state index contributed by atoms with van der Waals surface area (Å²) in [4.78, 5) is 11.9. The number of amides is 1. The van der Waals surface area contributed by atoms with Crippen molar-refractivity contribution in [2.45, 2.75) is 51.1 Å². The lowest BCUT2D eigenvalue weighted by atomic mass is 9.97. The molecule has 4 nitrogen and oxygen atoms in total. The van der Waals surface area contributed by atoms with E-state index in [1.165, 1.54) is 11.1 Å². The number of phenols is 1. The molecule has 2 aliphatic rings. The van der Waals surface area contributed by atoms with E-state index >= 15 is 0 Å². The number of carbonyl (C=O) groups is 1. The van der Waals surface area contributed by atoms with Gasteiger partial charge in [-0.25, -0.2) is 0 Å². The molecule has 0 aromatic heterocycles. The van der Waals surface area contributed by atoms with E-state index in [4.69, 9.17) is 0 Å². The summed E-state index contributed by atoms with van der Waals surface area (Å²) in [6.07, 6.45) is 2.83. The number of aryl methyl sites for hydroxylation is 1. The molecule has 4 heteroatoms. The van der Waals surface area contributed by atoms with Crippen LogP contribution in [0.1, 0.15) is 54.8 Å². The second-order valence-corrected chi connectivity index (χ2v) is 6.07. The predicted molar refractivity (Wildman–Crippen MR) is 77.8 cm³/mol. The Morgan fingerprint density at radius 1 is 1.30 bits per heavy atom. The Kier molecular flexibility index (Phi) is 3.42. The molecule has 1 fully saturated rings. The highest BCUT2D eigenvalue weighted by Gasteiger charge is 2.35. The van der Waals surface area contributed by atoms with Crippen molar-refractivity contribution in [1.82, 2.24) is 10.6 Å². The van der Waals surface area contributed by atoms with E-state index in [0.29, 0.717) is 11.7 Å². The zero-order valence-corrected chi connectivity index (χ0v) is 12.1. The maximum absolute atomic E-state index is 11.9. The molecule has 1 aromatic carbocycles. The second kappa shape index (κ2) is 5.09. The lowest BCUT2D eigenvalue weighted by molar-refractivity contribution is -0.124. The minimum Gasteiger partial charge on any atom is -0.508 e. The molecule has 0 spiro atoms. The molecule has 3 atom stereocenters. The fourth-order valence-electron chi connectivity index (χ4n) is 3.67. The average Bonchev–Trinajstić information content (AvgIpc) is 2.75. The van der Waals surface area contributed by atoms with Crippen molar-refractivity contribution in [3.8, 4) is 5.75 Å². The number of rotatable bonds is 2. The van der Waals surface area contributed by atoms with Gasteiger partial charge in [-0.05, 0) is 49.3 Å². The third kappa shape index (κ3) is 2.18. The van der Waals surface area contributed by atoms with Crippen molar-refractivity contribution in [3.63, 3.8) is 0 Å². The van der Waals surface area contributed by atoms with Gasteiger partial charge in [0.2, 0.25) is 5.91 Å². The Hall–Kier alpha value is -1.55. The number of hydrogen-bond acceptors (Lipinski definition) is 3. The number of hydrogen-bond donors (Lipinski definition) is 3. The van der Waals surface area contributed by atoms with Crippen LogP contribution in [0.4, 0.5) is 0 Å². The molecule has 1 saturated heterocycles. The highest BCUT2D eigenvalue weighted by molar-refractivity contribution is 5.82. The summed E-state index contributed by atoms with van der Waals surface area (Å²) in [6.45, 7) is 5.05. The Balaban J connectivity index is 1.87. The Labute approximate surface area is 119 Å². The normalized spacial score (nSPS) is 29.1.